The first kappa shape index (κ1) is 59.3. The molecule has 6 fully saturated rings. The van der Waals surface area contributed by atoms with Crippen LogP contribution >= 0.6 is 0 Å². The number of aliphatic hydroxyl groups excluding tert-OH is 19. The first-order valence-corrected chi connectivity index (χ1v) is 22.6. The summed E-state index contributed by atoms with van der Waals surface area (Å²) < 4.78 is 65.8. The predicted octanol–water partition coefficient (Wildman–Crippen LogP) is -12.8. The number of aliphatic hydroxyl groups is 19. The lowest BCUT2D eigenvalue weighted by Gasteiger charge is -2.45. The van der Waals surface area contributed by atoms with Crippen LogP contribution in [0.25, 0.3) is 10.4 Å². The third-order valence-electron chi connectivity index (χ3n) is 12.9. The van der Waals surface area contributed by atoms with Gasteiger partial charge in [0.25, 0.3) is 0 Å². The van der Waals surface area contributed by atoms with Crippen molar-refractivity contribution in [2.45, 2.75) is 184 Å². The maximum absolute atomic E-state index is 10.8. The molecule has 30 atom stereocenters. The van der Waals surface area contributed by atoms with E-state index in [0.717, 1.165) is 0 Å². The Morgan fingerprint density at radius 3 is 0.736 bits per heavy atom. The number of hydrogen-bond acceptors (Lipinski definition) is 32. The Morgan fingerprint density at radius 2 is 0.514 bits per heavy atom. The van der Waals surface area contributed by atoms with Gasteiger partial charge in [-0.1, -0.05) is 5.11 Å². The highest BCUT2D eigenvalue weighted by Gasteiger charge is 2.52. The molecule has 72 heavy (non-hydrogen) atoms. The molecule has 0 bridgehead atoms. The lowest BCUT2D eigenvalue weighted by molar-refractivity contribution is -0.352. The van der Waals surface area contributed by atoms with Gasteiger partial charge in [-0.05, 0) is 5.53 Å². The molecule has 0 radical (unpaired) electrons. The van der Waals surface area contributed by atoms with Gasteiger partial charge in [0.05, 0.1) is 46.2 Å². The van der Waals surface area contributed by atoms with E-state index in [0.29, 0.717) is 0 Å². The minimum atomic E-state index is -2.02. The Kier molecular flexibility index (Phi) is 21.8. The smallest absolute Gasteiger partial charge is 0.186 e. The molecule has 6 heterocycles. The van der Waals surface area contributed by atoms with Gasteiger partial charge in [0.1, 0.15) is 146 Å². The van der Waals surface area contributed by atoms with E-state index in [1.165, 1.54) is 0 Å². The second-order valence-corrected chi connectivity index (χ2v) is 17.8. The topological polar surface area (TPSA) is 544 Å². The molecule has 34 heteroatoms. The van der Waals surface area contributed by atoms with E-state index in [-0.39, 0.29) is 13.2 Å². The molecule has 18 unspecified atom stereocenters. The van der Waals surface area contributed by atoms with Crippen LogP contribution < -0.4 is 0 Å². The van der Waals surface area contributed by atoms with Crippen LogP contribution in [0, 0.1) is 0 Å². The van der Waals surface area contributed by atoms with Crippen molar-refractivity contribution in [3.8, 4) is 0 Å². The van der Waals surface area contributed by atoms with Crippen LogP contribution in [0.2, 0.25) is 0 Å². The van der Waals surface area contributed by atoms with Crippen LogP contribution in [0.1, 0.15) is 0 Å². The summed E-state index contributed by atoms with van der Waals surface area (Å²) >= 11 is 0. The van der Waals surface area contributed by atoms with Gasteiger partial charge in [-0.3, -0.25) is 0 Å². The zero-order chi connectivity index (χ0) is 52.9. The fourth-order valence-electron chi connectivity index (χ4n) is 8.37. The Morgan fingerprint density at radius 1 is 0.306 bits per heavy atom. The van der Waals surface area contributed by atoms with Crippen LogP contribution in [-0.4, -0.2) is 334 Å². The molecule has 19 N–H and O–H groups in total. The molecule has 0 saturated carbocycles. The first-order chi connectivity index (χ1) is 34.1. The lowest BCUT2D eigenvalue weighted by atomic mass is 9.97. The van der Waals surface area contributed by atoms with Gasteiger partial charge >= 0.3 is 0 Å². The standard InChI is InChI=1S/C38H65N3O31/c39-41-40-1-2-61-33-27(55)22(50)16(44)10(68-33)4-63-35-29(57)24(52)18(46)12(70-35)6-65-37-31(59)26(54)20(48)14(72-37)8-66-38-32(60)25(53)19(47)13(71-38)7-64-36-30(58)23(51)17(45)11(69-36)5-62-34-28(56)21(49)15(43)9(3-42)67-34/h9-38,42-60H,1-8H2/t9?,10?,11?,12-,13?,14?,15?,16-,17-,18?,19?,20-,21+,22?,23?,24+,25+,26?,27-,28?,29?,30-,31-,32?,33?,34?,35-,36?,37?,38-/m1/s1. The van der Waals surface area contributed by atoms with E-state index in [1.807, 2.05) is 0 Å². The van der Waals surface area contributed by atoms with Crippen LogP contribution in [0.5, 0.6) is 0 Å². The van der Waals surface area contributed by atoms with Gasteiger partial charge in [-0.2, -0.15) is 0 Å². The molecule has 6 aliphatic heterocycles. The van der Waals surface area contributed by atoms with Crippen molar-refractivity contribution in [3.05, 3.63) is 10.4 Å². The van der Waals surface area contributed by atoms with Crippen molar-refractivity contribution in [2.24, 2.45) is 5.11 Å². The monoisotopic (exact) mass is 1060 g/mol. The summed E-state index contributed by atoms with van der Waals surface area (Å²) in [7, 11) is 0. The van der Waals surface area contributed by atoms with Crippen LogP contribution in [0.3, 0.4) is 0 Å². The van der Waals surface area contributed by atoms with E-state index in [1.54, 1.807) is 0 Å². The number of ether oxygens (including phenoxy) is 12. The Labute approximate surface area is 406 Å². The number of hydrogen-bond donors (Lipinski definition) is 19. The molecule has 0 aromatic heterocycles. The summed E-state index contributed by atoms with van der Waals surface area (Å²) in [4.78, 5) is 2.55. The SMILES string of the molecule is [N-]=[N+]=NCCOC1OC(CO[C@@H]2O[C@H](COC3OC(CO[C@@H]4OC(COC5OC(COC6OC(CO)C(O)[C@H](O)C6O)[C@@H](O)C(O)[C@H]5O)C(O)[C@H](O)C4O)[C@@H](O)C(O)[C@H]3O)C(O)[C@H](O)C2O)[C@@H](O)C(O)[C@H]1O. The van der Waals surface area contributed by atoms with E-state index in [9.17, 15) is 97.0 Å². The first-order valence-electron chi connectivity index (χ1n) is 22.6. The second kappa shape index (κ2) is 26.4. The molecule has 0 spiro atoms. The number of nitrogens with zero attached hydrogens (tertiary/aromatic N) is 3. The van der Waals surface area contributed by atoms with E-state index in [4.69, 9.17) is 62.4 Å². The minimum absolute atomic E-state index is 0.168. The van der Waals surface area contributed by atoms with Crippen molar-refractivity contribution >= 4 is 0 Å². The van der Waals surface area contributed by atoms with Gasteiger partial charge in [-0.15, -0.1) is 0 Å². The highest BCUT2D eigenvalue weighted by Crippen LogP contribution is 2.31. The van der Waals surface area contributed by atoms with Crippen molar-refractivity contribution in [1.29, 1.82) is 0 Å². The molecule has 0 aliphatic carbocycles. The normalized spacial score (nSPS) is 50.3. The number of rotatable bonds is 20. The molecule has 0 aromatic carbocycles. The summed E-state index contributed by atoms with van der Waals surface area (Å²) in [5.41, 5.74) is 8.44. The van der Waals surface area contributed by atoms with Crippen LogP contribution in [0.15, 0.2) is 5.11 Å². The molecular formula is C38H65N3O31. The Bertz CT molecular complexity index is 1700. The largest absolute Gasteiger partial charge is 0.394 e. The summed E-state index contributed by atoms with van der Waals surface area (Å²) in [6.45, 7) is -4.95. The van der Waals surface area contributed by atoms with Gasteiger partial charge in [0, 0.05) is 11.5 Å². The maximum Gasteiger partial charge on any atom is 0.186 e. The van der Waals surface area contributed by atoms with Gasteiger partial charge < -0.3 is 154 Å². The molecule has 6 aliphatic rings. The zero-order valence-corrected chi connectivity index (χ0v) is 37.7. The molecule has 6 rings (SSSR count). The highest BCUT2D eigenvalue weighted by molar-refractivity contribution is 4.96. The van der Waals surface area contributed by atoms with Crippen LogP contribution in [-0.2, 0) is 56.8 Å². The Hall–Kier alpha value is -1.93. The molecule has 34 nitrogen and oxygen atoms in total. The summed E-state index contributed by atoms with van der Waals surface area (Å²) in [5, 5.41) is 202. The third-order valence-corrected chi connectivity index (χ3v) is 12.9. The highest BCUT2D eigenvalue weighted by atomic mass is 16.8. The minimum Gasteiger partial charge on any atom is -0.394 e. The van der Waals surface area contributed by atoms with Gasteiger partial charge in [-0.25, -0.2) is 0 Å². The molecular weight excluding hydrogens is 994 g/mol. The molecule has 6 saturated heterocycles. The molecule has 0 aromatic rings. The summed E-state index contributed by atoms with van der Waals surface area (Å²) in [5.74, 6) is 0. The summed E-state index contributed by atoms with van der Waals surface area (Å²) in [6, 6.07) is 0. The van der Waals surface area contributed by atoms with Crippen molar-refractivity contribution in [1.82, 2.24) is 0 Å². The van der Waals surface area contributed by atoms with Gasteiger partial charge in [0.15, 0.2) is 37.7 Å². The van der Waals surface area contributed by atoms with Crippen molar-refractivity contribution in [3.63, 3.8) is 0 Å². The molecule has 0 amide bonds. The average molecular weight is 1060 g/mol. The van der Waals surface area contributed by atoms with Crippen molar-refractivity contribution in [2.75, 3.05) is 52.8 Å². The Balaban J connectivity index is 1.01. The van der Waals surface area contributed by atoms with Crippen LogP contribution in [0.4, 0.5) is 0 Å². The zero-order valence-electron chi connectivity index (χ0n) is 37.7. The quantitative estimate of drug-likeness (QED) is 0.0233. The van der Waals surface area contributed by atoms with E-state index < -0.39 is 224 Å². The third kappa shape index (κ3) is 13.4. The maximum atomic E-state index is 10.8. The van der Waals surface area contributed by atoms with E-state index in [2.05, 4.69) is 10.0 Å². The fraction of sp³-hybridized carbons (Fsp3) is 1.00. The second-order valence-electron chi connectivity index (χ2n) is 17.8. The predicted molar refractivity (Wildman–Crippen MR) is 217 cm³/mol. The fourth-order valence-corrected chi connectivity index (χ4v) is 8.37. The van der Waals surface area contributed by atoms with E-state index >= 15 is 0 Å². The lowest BCUT2D eigenvalue weighted by Crippen LogP contribution is -2.63. The van der Waals surface area contributed by atoms with Gasteiger partial charge in [0.2, 0.25) is 0 Å². The number of azide groups is 1. The molecule has 418 valence electrons. The van der Waals surface area contributed by atoms with Crippen molar-refractivity contribution < 1.29 is 154 Å². The summed E-state index contributed by atoms with van der Waals surface area (Å²) in [6.07, 6.45) is -53.9. The average Bonchev–Trinajstić information content (AvgIpc) is 3.37.